The Morgan fingerprint density at radius 2 is 1.82 bits per heavy atom. The van der Waals surface area contributed by atoms with Gasteiger partial charge in [0.1, 0.15) is 17.1 Å². The van der Waals surface area contributed by atoms with E-state index in [1.165, 1.54) is 36.2 Å². The zero-order valence-corrected chi connectivity index (χ0v) is 12.5. The van der Waals surface area contributed by atoms with Gasteiger partial charge in [-0.2, -0.15) is 0 Å². The molecule has 1 aromatic rings. The maximum Gasteiger partial charge on any atom is 0.329 e. The molecule has 0 saturated heterocycles. The van der Waals surface area contributed by atoms with Crippen LogP contribution in [0.2, 0.25) is 0 Å². The lowest BCUT2D eigenvalue weighted by atomic mass is 9.80. The van der Waals surface area contributed by atoms with Gasteiger partial charge in [-0.3, -0.25) is 4.79 Å². The standard InChI is InChI=1S/C16H20FNO4/c1-18(16(15(20)21)9-3-2-4-10-16)14(19)11-22-13-7-5-12(17)6-8-13/h5-8H,2-4,9-11H2,1H3,(H,20,21). The van der Waals surface area contributed by atoms with E-state index in [-0.39, 0.29) is 12.4 Å². The SMILES string of the molecule is CN(C(=O)COc1ccc(F)cc1)C1(C(=O)O)CCCCC1. The normalized spacial score (nSPS) is 16.8. The van der Waals surface area contributed by atoms with Crippen molar-refractivity contribution in [3.8, 4) is 5.75 Å². The van der Waals surface area contributed by atoms with Crippen LogP contribution in [0.3, 0.4) is 0 Å². The van der Waals surface area contributed by atoms with Gasteiger partial charge in [-0.25, -0.2) is 9.18 Å². The molecule has 2 rings (SSSR count). The number of carbonyl (C=O) groups excluding carboxylic acids is 1. The number of ether oxygens (including phenoxy) is 1. The molecular weight excluding hydrogens is 289 g/mol. The summed E-state index contributed by atoms with van der Waals surface area (Å²) in [6.45, 7) is -0.267. The van der Waals surface area contributed by atoms with E-state index in [9.17, 15) is 19.1 Å². The van der Waals surface area contributed by atoms with Crippen molar-refractivity contribution in [2.45, 2.75) is 37.6 Å². The van der Waals surface area contributed by atoms with Gasteiger partial charge >= 0.3 is 5.97 Å². The minimum absolute atomic E-state index is 0.267. The minimum atomic E-state index is -1.14. The first-order valence-electron chi connectivity index (χ1n) is 7.34. The lowest BCUT2D eigenvalue weighted by molar-refractivity contribution is -0.161. The van der Waals surface area contributed by atoms with Crippen LogP contribution in [-0.4, -0.2) is 41.1 Å². The summed E-state index contributed by atoms with van der Waals surface area (Å²) in [4.78, 5) is 25.2. The Kier molecular flexibility index (Phi) is 5.00. The van der Waals surface area contributed by atoms with E-state index in [1.807, 2.05) is 0 Å². The van der Waals surface area contributed by atoms with Gasteiger partial charge < -0.3 is 14.7 Å². The summed E-state index contributed by atoms with van der Waals surface area (Å²) >= 11 is 0. The molecule has 1 N–H and O–H groups in total. The van der Waals surface area contributed by atoms with Crippen molar-refractivity contribution in [3.05, 3.63) is 30.1 Å². The molecule has 1 fully saturated rings. The molecule has 0 radical (unpaired) electrons. The Hall–Kier alpha value is -2.11. The first-order valence-corrected chi connectivity index (χ1v) is 7.34. The number of amides is 1. The molecule has 0 aromatic heterocycles. The molecule has 0 bridgehead atoms. The predicted octanol–water partition coefficient (Wildman–Crippen LogP) is 2.45. The number of nitrogens with zero attached hydrogens (tertiary/aromatic N) is 1. The largest absolute Gasteiger partial charge is 0.484 e. The van der Waals surface area contributed by atoms with Crippen LogP contribution in [0.15, 0.2) is 24.3 Å². The van der Waals surface area contributed by atoms with Gasteiger partial charge in [0.2, 0.25) is 0 Å². The number of hydrogen-bond donors (Lipinski definition) is 1. The second-order valence-electron chi connectivity index (χ2n) is 5.59. The average molecular weight is 309 g/mol. The highest BCUT2D eigenvalue weighted by Gasteiger charge is 2.45. The zero-order chi connectivity index (χ0) is 16.2. The zero-order valence-electron chi connectivity index (χ0n) is 12.5. The third kappa shape index (κ3) is 3.37. The number of carboxylic acid groups (broad SMARTS) is 1. The van der Waals surface area contributed by atoms with Crippen LogP contribution in [0, 0.1) is 5.82 Å². The molecule has 5 nitrogen and oxygen atoms in total. The van der Waals surface area contributed by atoms with E-state index in [2.05, 4.69) is 0 Å². The van der Waals surface area contributed by atoms with Crippen molar-refractivity contribution in [2.24, 2.45) is 0 Å². The van der Waals surface area contributed by atoms with Crippen LogP contribution in [0.5, 0.6) is 5.75 Å². The van der Waals surface area contributed by atoms with Gasteiger partial charge in [-0.15, -0.1) is 0 Å². The number of likely N-dealkylation sites (N-methyl/N-ethyl adjacent to an activating group) is 1. The third-order valence-corrected chi connectivity index (χ3v) is 4.27. The molecular formula is C16H20FNO4. The van der Waals surface area contributed by atoms with E-state index < -0.39 is 17.4 Å². The molecule has 1 amide bonds. The van der Waals surface area contributed by atoms with Gasteiger partial charge in [0.25, 0.3) is 5.91 Å². The Balaban J connectivity index is 2.01. The Bertz CT molecular complexity index is 538. The van der Waals surface area contributed by atoms with Crippen LogP contribution >= 0.6 is 0 Å². The molecule has 22 heavy (non-hydrogen) atoms. The van der Waals surface area contributed by atoms with Gasteiger partial charge in [0, 0.05) is 7.05 Å². The quantitative estimate of drug-likeness (QED) is 0.907. The number of carboxylic acids is 1. The maximum absolute atomic E-state index is 12.8. The average Bonchev–Trinajstić information content (AvgIpc) is 2.53. The summed E-state index contributed by atoms with van der Waals surface area (Å²) in [7, 11) is 1.51. The molecule has 0 spiro atoms. The van der Waals surface area contributed by atoms with Gasteiger partial charge in [0.15, 0.2) is 6.61 Å². The molecule has 1 saturated carbocycles. The Labute approximate surface area is 128 Å². The van der Waals surface area contributed by atoms with Gasteiger partial charge in [-0.05, 0) is 37.1 Å². The fourth-order valence-electron chi connectivity index (χ4n) is 2.84. The molecule has 0 heterocycles. The molecule has 1 aromatic carbocycles. The van der Waals surface area contributed by atoms with Gasteiger partial charge in [-0.1, -0.05) is 19.3 Å². The topological polar surface area (TPSA) is 66.8 Å². The van der Waals surface area contributed by atoms with Crippen molar-refractivity contribution in [1.29, 1.82) is 0 Å². The Morgan fingerprint density at radius 1 is 1.23 bits per heavy atom. The fraction of sp³-hybridized carbons (Fsp3) is 0.500. The Morgan fingerprint density at radius 3 is 2.36 bits per heavy atom. The minimum Gasteiger partial charge on any atom is -0.484 e. The van der Waals surface area contributed by atoms with Crippen molar-refractivity contribution < 1.29 is 23.8 Å². The predicted molar refractivity (Wildman–Crippen MR) is 78.1 cm³/mol. The highest BCUT2D eigenvalue weighted by molar-refractivity contribution is 5.87. The maximum atomic E-state index is 12.8. The molecule has 1 aliphatic carbocycles. The molecule has 0 atom stereocenters. The first kappa shape index (κ1) is 16.3. The summed E-state index contributed by atoms with van der Waals surface area (Å²) in [5.74, 6) is -1.38. The second kappa shape index (κ2) is 6.77. The van der Waals surface area contributed by atoms with Crippen molar-refractivity contribution in [2.75, 3.05) is 13.7 Å². The van der Waals surface area contributed by atoms with E-state index in [4.69, 9.17) is 4.74 Å². The van der Waals surface area contributed by atoms with Crippen LogP contribution < -0.4 is 4.74 Å². The number of hydrogen-bond acceptors (Lipinski definition) is 3. The van der Waals surface area contributed by atoms with E-state index >= 15 is 0 Å². The summed E-state index contributed by atoms with van der Waals surface area (Å²) < 4.78 is 18.1. The van der Waals surface area contributed by atoms with Crippen LogP contribution in [0.1, 0.15) is 32.1 Å². The number of aliphatic carboxylic acids is 1. The molecule has 0 unspecified atom stereocenters. The van der Waals surface area contributed by atoms with Gasteiger partial charge in [0.05, 0.1) is 0 Å². The van der Waals surface area contributed by atoms with Crippen LogP contribution in [0.25, 0.3) is 0 Å². The molecule has 120 valence electrons. The lowest BCUT2D eigenvalue weighted by Gasteiger charge is -2.40. The first-order chi connectivity index (χ1) is 10.5. The van der Waals surface area contributed by atoms with E-state index in [0.717, 1.165) is 19.3 Å². The highest BCUT2D eigenvalue weighted by Crippen LogP contribution is 2.33. The summed E-state index contributed by atoms with van der Waals surface area (Å²) in [6, 6.07) is 5.33. The summed E-state index contributed by atoms with van der Waals surface area (Å²) in [5, 5.41) is 9.55. The smallest absolute Gasteiger partial charge is 0.329 e. The van der Waals surface area contributed by atoms with Crippen molar-refractivity contribution in [3.63, 3.8) is 0 Å². The number of rotatable bonds is 5. The highest BCUT2D eigenvalue weighted by atomic mass is 19.1. The van der Waals surface area contributed by atoms with Crippen molar-refractivity contribution >= 4 is 11.9 Å². The number of carbonyl (C=O) groups is 2. The molecule has 6 heteroatoms. The van der Waals surface area contributed by atoms with Crippen LogP contribution in [-0.2, 0) is 9.59 Å². The monoisotopic (exact) mass is 309 g/mol. The fourth-order valence-corrected chi connectivity index (χ4v) is 2.84. The molecule has 1 aliphatic rings. The summed E-state index contributed by atoms with van der Waals surface area (Å²) in [6.07, 6.45) is 3.50. The summed E-state index contributed by atoms with van der Waals surface area (Å²) in [5.41, 5.74) is -1.14. The number of halogens is 1. The van der Waals surface area contributed by atoms with E-state index in [1.54, 1.807) is 0 Å². The number of benzene rings is 1. The van der Waals surface area contributed by atoms with Crippen molar-refractivity contribution in [1.82, 2.24) is 4.90 Å². The second-order valence-corrected chi connectivity index (χ2v) is 5.59. The lowest BCUT2D eigenvalue weighted by Crippen LogP contribution is -2.57. The third-order valence-electron chi connectivity index (χ3n) is 4.27. The van der Waals surface area contributed by atoms with E-state index in [0.29, 0.717) is 18.6 Å². The van der Waals surface area contributed by atoms with Crippen LogP contribution in [0.4, 0.5) is 4.39 Å². The molecule has 0 aliphatic heterocycles.